The third kappa shape index (κ3) is 3.30. The Hall–Kier alpha value is -3.33. The van der Waals surface area contributed by atoms with E-state index in [1.807, 2.05) is 24.3 Å². The van der Waals surface area contributed by atoms with Crippen LogP contribution in [0.5, 0.6) is 11.5 Å². The molecule has 0 amide bonds. The minimum Gasteiger partial charge on any atom is -0.496 e. The lowest BCUT2D eigenvalue weighted by atomic mass is 10.2. The summed E-state index contributed by atoms with van der Waals surface area (Å²) in [6.45, 7) is 0.147. The smallest absolute Gasteiger partial charge is 0.264 e. The molecule has 0 aliphatic heterocycles. The molecule has 6 heteroatoms. The predicted molar refractivity (Wildman–Crippen MR) is 81.8 cm³/mol. The highest BCUT2D eigenvalue weighted by Crippen LogP contribution is 2.27. The van der Waals surface area contributed by atoms with Gasteiger partial charge < -0.3 is 14.0 Å². The van der Waals surface area contributed by atoms with E-state index in [0.29, 0.717) is 28.8 Å². The molecule has 1 heterocycles. The van der Waals surface area contributed by atoms with Crippen molar-refractivity contribution < 1.29 is 14.0 Å². The van der Waals surface area contributed by atoms with Crippen molar-refractivity contribution in [3.8, 4) is 29.0 Å². The maximum atomic E-state index is 8.76. The van der Waals surface area contributed by atoms with E-state index >= 15 is 0 Å². The standard InChI is InChI=1S/C17H13N3O3/c1-21-15-5-3-2-4-14(15)17-19-16(23-20-17)11-22-13-8-6-12(10-18)7-9-13/h2-9H,11H2,1H3. The monoisotopic (exact) mass is 307 g/mol. The summed E-state index contributed by atoms with van der Waals surface area (Å²) < 4.78 is 16.0. The van der Waals surface area contributed by atoms with Gasteiger partial charge in [0.1, 0.15) is 11.5 Å². The lowest BCUT2D eigenvalue weighted by molar-refractivity contribution is 0.243. The van der Waals surface area contributed by atoms with E-state index in [1.54, 1.807) is 31.4 Å². The number of ether oxygens (including phenoxy) is 2. The minimum absolute atomic E-state index is 0.147. The van der Waals surface area contributed by atoms with Gasteiger partial charge in [-0.2, -0.15) is 10.2 Å². The Morgan fingerprint density at radius 2 is 1.91 bits per heavy atom. The SMILES string of the molecule is COc1ccccc1-c1noc(COc2ccc(C#N)cc2)n1. The minimum atomic E-state index is 0.147. The summed E-state index contributed by atoms with van der Waals surface area (Å²) >= 11 is 0. The Labute approximate surface area is 132 Å². The molecule has 0 N–H and O–H groups in total. The summed E-state index contributed by atoms with van der Waals surface area (Å²) in [4.78, 5) is 4.30. The molecule has 1 aromatic heterocycles. The van der Waals surface area contributed by atoms with Crippen LogP contribution >= 0.6 is 0 Å². The highest BCUT2D eigenvalue weighted by atomic mass is 16.5. The average Bonchev–Trinajstić information content (AvgIpc) is 3.09. The molecule has 0 unspecified atom stereocenters. The van der Waals surface area contributed by atoms with E-state index in [2.05, 4.69) is 16.2 Å². The number of nitrogens with zero attached hydrogens (tertiary/aromatic N) is 3. The predicted octanol–water partition coefficient (Wildman–Crippen LogP) is 3.20. The van der Waals surface area contributed by atoms with E-state index in [0.717, 1.165) is 5.56 Å². The summed E-state index contributed by atoms with van der Waals surface area (Å²) in [7, 11) is 1.59. The van der Waals surface area contributed by atoms with Gasteiger partial charge in [0.25, 0.3) is 5.89 Å². The first-order chi connectivity index (χ1) is 11.3. The van der Waals surface area contributed by atoms with Crippen molar-refractivity contribution >= 4 is 0 Å². The number of para-hydroxylation sites is 1. The van der Waals surface area contributed by atoms with E-state index in [9.17, 15) is 0 Å². The third-order valence-electron chi connectivity index (χ3n) is 3.16. The number of benzene rings is 2. The van der Waals surface area contributed by atoms with Crippen molar-refractivity contribution in [3.05, 3.63) is 60.0 Å². The van der Waals surface area contributed by atoms with Gasteiger partial charge in [-0.25, -0.2) is 0 Å². The molecule has 0 aliphatic rings. The summed E-state index contributed by atoms with van der Waals surface area (Å²) in [5.41, 5.74) is 1.33. The third-order valence-corrected chi connectivity index (χ3v) is 3.16. The zero-order valence-corrected chi connectivity index (χ0v) is 12.4. The maximum absolute atomic E-state index is 8.76. The summed E-state index contributed by atoms with van der Waals surface area (Å²) in [6.07, 6.45) is 0. The van der Waals surface area contributed by atoms with Crippen LogP contribution in [0.3, 0.4) is 0 Å². The molecule has 3 rings (SSSR count). The molecule has 23 heavy (non-hydrogen) atoms. The van der Waals surface area contributed by atoms with Crippen LogP contribution in [0.25, 0.3) is 11.4 Å². The van der Waals surface area contributed by atoms with Crippen LogP contribution in [-0.4, -0.2) is 17.3 Å². The van der Waals surface area contributed by atoms with Crippen LogP contribution in [0.2, 0.25) is 0 Å². The van der Waals surface area contributed by atoms with E-state index in [-0.39, 0.29) is 6.61 Å². The fourth-order valence-electron chi connectivity index (χ4n) is 2.02. The molecule has 0 fully saturated rings. The quantitative estimate of drug-likeness (QED) is 0.720. The highest BCUT2D eigenvalue weighted by molar-refractivity contribution is 5.63. The molecule has 114 valence electrons. The second kappa shape index (κ2) is 6.62. The van der Waals surface area contributed by atoms with E-state index < -0.39 is 0 Å². The molecule has 0 spiro atoms. The number of nitriles is 1. The van der Waals surface area contributed by atoms with Crippen molar-refractivity contribution in [2.24, 2.45) is 0 Å². The normalized spacial score (nSPS) is 10.1. The maximum Gasteiger partial charge on any atom is 0.264 e. The Balaban J connectivity index is 1.71. The van der Waals surface area contributed by atoms with Crippen molar-refractivity contribution in [1.82, 2.24) is 10.1 Å². The Kier molecular flexibility index (Phi) is 4.20. The van der Waals surface area contributed by atoms with Gasteiger partial charge >= 0.3 is 0 Å². The lowest BCUT2D eigenvalue weighted by Gasteiger charge is -2.03. The van der Waals surface area contributed by atoms with Gasteiger partial charge in [0.05, 0.1) is 24.3 Å². The molecule has 0 bridgehead atoms. The van der Waals surface area contributed by atoms with Crippen LogP contribution < -0.4 is 9.47 Å². The van der Waals surface area contributed by atoms with Crippen LogP contribution in [0.15, 0.2) is 53.1 Å². The zero-order valence-electron chi connectivity index (χ0n) is 12.4. The van der Waals surface area contributed by atoms with Crippen LogP contribution in [0.4, 0.5) is 0 Å². The van der Waals surface area contributed by atoms with E-state index in [1.165, 1.54) is 0 Å². The highest BCUT2D eigenvalue weighted by Gasteiger charge is 2.13. The zero-order chi connectivity index (χ0) is 16.1. The molecule has 0 atom stereocenters. The summed E-state index contributed by atoms with van der Waals surface area (Å²) in [6, 6.07) is 16.3. The number of hydrogen-bond donors (Lipinski definition) is 0. The number of rotatable bonds is 5. The topological polar surface area (TPSA) is 81.2 Å². The molecule has 0 radical (unpaired) electrons. The van der Waals surface area contributed by atoms with Gasteiger partial charge in [-0.15, -0.1) is 0 Å². The van der Waals surface area contributed by atoms with Crippen LogP contribution in [0, 0.1) is 11.3 Å². The summed E-state index contributed by atoms with van der Waals surface area (Å²) in [5.74, 6) is 2.10. The molecule has 3 aromatic rings. The molecule has 0 saturated carbocycles. The molecule has 2 aromatic carbocycles. The first-order valence-electron chi connectivity index (χ1n) is 6.89. The van der Waals surface area contributed by atoms with Crippen molar-refractivity contribution in [3.63, 3.8) is 0 Å². The fraction of sp³-hybridized carbons (Fsp3) is 0.118. The van der Waals surface area contributed by atoms with Gasteiger partial charge in [0, 0.05) is 0 Å². The largest absolute Gasteiger partial charge is 0.496 e. The molecule has 0 saturated heterocycles. The van der Waals surface area contributed by atoms with Gasteiger partial charge in [-0.05, 0) is 36.4 Å². The lowest BCUT2D eigenvalue weighted by Crippen LogP contribution is -1.96. The van der Waals surface area contributed by atoms with Crippen LogP contribution in [-0.2, 0) is 6.61 Å². The van der Waals surface area contributed by atoms with Crippen molar-refractivity contribution in [2.45, 2.75) is 6.61 Å². The second-order valence-electron chi connectivity index (χ2n) is 4.64. The van der Waals surface area contributed by atoms with Crippen LogP contribution in [0.1, 0.15) is 11.5 Å². The van der Waals surface area contributed by atoms with Gasteiger partial charge in [-0.1, -0.05) is 17.3 Å². The van der Waals surface area contributed by atoms with Crippen molar-refractivity contribution in [1.29, 1.82) is 5.26 Å². The van der Waals surface area contributed by atoms with E-state index in [4.69, 9.17) is 19.3 Å². The van der Waals surface area contributed by atoms with Gasteiger partial charge in [0.15, 0.2) is 6.61 Å². The summed E-state index contributed by atoms with van der Waals surface area (Å²) in [5, 5.41) is 12.7. The second-order valence-corrected chi connectivity index (χ2v) is 4.64. The van der Waals surface area contributed by atoms with Gasteiger partial charge in [0.2, 0.25) is 5.82 Å². The number of aromatic nitrogens is 2. The average molecular weight is 307 g/mol. The Morgan fingerprint density at radius 1 is 1.13 bits per heavy atom. The molecule has 6 nitrogen and oxygen atoms in total. The molecule has 0 aliphatic carbocycles. The van der Waals surface area contributed by atoms with Crippen molar-refractivity contribution in [2.75, 3.05) is 7.11 Å². The fourth-order valence-corrected chi connectivity index (χ4v) is 2.02. The van der Waals surface area contributed by atoms with Gasteiger partial charge in [-0.3, -0.25) is 0 Å². The Bertz CT molecular complexity index is 835. The molecular weight excluding hydrogens is 294 g/mol. The molecular formula is C17H13N3O3. The first-order valence-corrected chi connectivity index (χ1v) is 6.89. The Morgan fingerprint density at radius 3 is 2.65 bits per heavy atom. The first kappa shape index (κ1) is 14.6. The number of methoxy groups -OCH3 is 1. The number of hydrogen-bond acceptors (Lipinski definition) is 6.